The SMILES string of the molecule is Cc1cc(N=Nc2c(S(=O)(=O)O)ccc3c(S(=O)(=O)O)cc(S(=O)(=O)O)cc23)c(C)cc1N. The summed E-state index contributed by atoms with van der Waals surface area (Å²) in [6.45, 7) is 3.33. The maximum absolute atomic E-state index is 11.9. The summed E-state index contributed by atoms with van der Waals surface area (Å²) in [7, 11) is -15.0. The lowest BCUT2D eigenvalue weighted by atomic mass is 10.1. The Morgan fingerprint density at radius 1 is 0.697 bits per heavy atom. The number of nitrogen functional groups attached to an aromatic ring is 1. The van der Waals surface area contributed by atoms with Gasteiger partial charge in [0.2, 0.25) is 0 Å². The molecule has 0 bridgehead atoms. The first-order chi connectivity index (χ1) is 15.0. The third-order valence-electron chi connectivity index (χ3n) is 4.70. The number of nitrogens with two attached hydrogens (primary N) is 1. The number of hydrogen-bond donors (Lipinski definition) is 4. The zero-order chi connectivity index (χ0) is 24.9. The van der Waals surface area contributed by atoms with Gasteiger partial charge in [-0.15, -0.1) is 5.11 Å². The Hall–Kier alpha value is -2.95. The molecule has 12 nitrogen and oxygen atoms in total. The van der Waals surface area contributed by atoms with Crippen LogP contribution in [0.2, 0.25) is 0 Å². The molecule has 15 heteroatoms. The van der Waals surface area contributed by atoms with Crippen LogP contribution in [0, 0.1) is 13.8 Å². The minimum absolute atomic E-state index is 0.251. The van der Waals surface area contributed by atoms with Crippen LogP contribution in [0.4, 0.5) is 17.1 Å². The Morgan fingerprint density at radius 3 is 1.85 bits per heavy atom. The van der Waals surface area contributed by atoms with Crippen LogP contribution in [0.15, 0.2) is 61.3 Å². The molecule has 33 heavy (non-hydrogen) atoms. The Kier molecular flexibility index (Phi) is 6.08. The summed E-state index contributed by atoms with van der Waals surface area (Å²) in [6, 6.07) is 6.10. The number of hydrogen-bond acceptors (Lipinski definition) is 9. The third-order valence-corrected chi connectivity index (χ3v) is 7.31. The summed E-state index contributed by atoms with van der Waals surface area (Å²) < 4.78 is 99.6. The molecule has 3 aromatic carbocycles. The van der Waals surface area contributed by atoms with E-state index >= 15 is 0 Å². The van der Waals surface area contributed by atoms with E-state index in [-0.39, 0.29) is 11.1 Å². The second-order valence-electron chi connectivity index (χ2n) is 7.05. The Balaban J connectivity index is 2.49. The van der Waals surface area contributed by atoms with Crippen molar-refractivity contribution in [3.8, 4) is 0 Å². The van der Waals surface area contributed by atoms with Gasteiger partial charge in [-0.25, -0.2) is 0 Å². The molecule has 0 atom stereocenters. The molecule has 0 amide bonds. The average molecular weight is 516 g/mol. The van der Waals surface area contributed by atoms with Gasteiger partial charge in [0.1, 0.15) is 15.5 Å². The van der Waals surface area contributed by atoms with E-state index in [1.807, 2.05) is 0 Å². The standard InChI is InChI=1S/C18H17N3O9S3/c1-9-6-15(10(2)5-14(9)19)20-21-18-13-7-11(31(22,23)24)8-17(33(28,29)30)12(13)3-4-16(18)32(25,26)27/h3-8H,19H2,1-2H3,(H,22,23,24)(H,25,26,27)(H,28,29,30). The molecule has 3 aromatic rings. The molecule has 0 aliphatic heterocycles. The number of benzene rings is 3. The molecule has 0 saturated heterocycles. The first kappa shape index (κ1) is 24.7. The van der Waals surface area contributed by atoms with Crippen LogP contribution < -0.4 is 5.73 Å². The normalized spacial score (nSPS) is 13.1. The van der Waals surface area contributed by atoms with E-state index in [9.17, 15) is 38.9 Å². The van der Waals surface area contributed by atoms with Crippen LogP contribution >= 0.6 is 0 Å². The van der Waals surface area contributed by atoms with Gasteiger partial charge >= 0.3 is 0 Å². The van der Waals surface area contributed by atoms with Gasteiger partial charge in [-0.2, -0.15) is 30.4 Å². The van der Waals surface area contributed by atoms with E-state index in [1.54, 1.807) is 26.0 Å². The number of anilines is 1. The molecule has 0 fully saturated rings. The fraction of sp³-hybridized carbons (Fsp3) is 0.111. The van der Waals surface area contributed by atoms with Crippen LogP contribution in [0.1, 0.15) is 11.1 Å². The molecule has 0 heterocycles. The molecule has 0 unspecified atom stereocenters. The molecule has 0 saturated carbocycles. The summed E-state index contributed by atoms with van der Waals surface area (Å²) in [5.41, 5.74) is 7.09. The summed E-state index contributed by atoms with van der Waals surface area (Å²) >= 11 is 0. The average Bonchev–Trinajstić information content (AvgIpc) is 2.66. The Bertz CT molecular complexity index is 1660. The monoisotopic (exact) mass is 515 g/mol. The lowest BCUT2D eigenvalue weighted by Gasteiger charge is -2.11. The van der Waals surface area contributed by atoms with Crippen molar-refractivity contribution in [2.24, 2.45) is 10.2 Å². The second-order valence-corrected chi connectivity index (χ2v) is 11.3. The minimum atomic E-state index is -5.04. The van der Waals surface area contributed by atoms with Gasteiger partial charge in [-0.05, 0) is 55.3 Å². The van der Waals surface area contributed by atoms with E-state index in [0.29, 0.717) is 22.9 Å². The predicted octanol–water partition coefficient (Wildman–Crippen LogP) is 3.19. The van der Waals surface area contributed by atoms with Crippen molar-refractivity contribution in [3.05, 3.63) is 47.5 Å². The van der Waals surface area contributed by atoms with E-state index < -0.39 is 56.1 Å². The molecule has 0 aliphatic carbocycles. The minimum Gasteiger partial charge on any atom is -0.399 e. The number of aryl methyl sites for hydroxylation is 2. The maximum Gasteiger partial charge on any atom is 0.296 e. The lowest BCUT2D eigenvalue weighted by molar-refractivity contribution is 0.480. The van der Waals surface area contributed by atoms with Crippen LogP contribution in [0.3, 0.4) is 0 Å². The molecule has 0 radical (unpaired) electrons. The highest BCUT2D eigenvalue weighted by Gasteiger charge is 2.25. The summed E-state index contributed by atoms with van der Waals surface area (Å²) in [5, 5.41) is 7.02. The summed E-state index contributed by atoms with van der Waals surface area (Å²) in [5.74, 6) is 0. The molecule has 0 aromatic heterocycles. The number of nitrogens with zero attached hydrogens (tertiary/aromatic N) is 2. The van der Waals surface area contributed by atoms with E-state index in [4.69, 9.17) is 5.73 Å². The summed E-state index contributed by atoms with van der Waals surface area (Å²) in [4.78, 5) is -2.73. The van der Waals surface area contributed by atoms with Crippen LogP contribution in [0.25, 0.3) is 10.8 Å². The van der Waals surface area contributed by atoms with E-state index in [1.165, 1.54) is 0 Å². The quantitative estimate of drug-likeness (QED) is 0.221. The maximum atomic E-state index is 11.9. The Labute approximate surface area is 189 Å². The molecule has 176 valence electrons. The molecular weight excluding hydrogens is 498 g/mol. The third kappa shape index (κ3) is 5.02. The van der Waals surface area contributed by atoms with Crippen molar-refractivity contribution >= 4 is 58.2 Å². The van der Waals surface area contributed by atoms with Crippen molar-refractivity contribution in [1.82, 2.24) is 0 Å². The molecular formula is C18H17N3O9S3. The first-order valence-corrected chi connectivity index (χ1v) is 13.1. The summed E-state index contributed by atoms with van der Waals surface area (Å²) in [6.07, 6.45) is 0. The molecule has 0 spiro atoms. The number of fused-ring (bicyclic) bond motifs is 1. The highest BCUT2D eigenvalue weighted by molar-refractivity contribution is 7.87. The number of azo groups is 1. The largest absolute Gasteiger partial charge is 0.399 e. The second kappa shape index (κ2) is 8.12. The van der Waals surface area contributed by atoms with Gasteiger partial charge in [0.15, 0.2) is 0 Å². The van der Waals surface area contributed by atoms with Gasteiger partial charge < -0.3 is 5.73 Å². The zero-order valence-electron chi connectivity index (χ0n) is 17.0. The highest BCUT2D eigenvalue weighted by Crippen LogP contribution is 2.39. The van der Waals surface area contributed by atoms with Gasteiger partial charge in [-0.3, -0.25) is 13.7 Å². The van der Waals surface area contributed by atoms with Crippen molar-refractivity contribution in [3.63, 3.8) is 0 Å². The van der Waals surface area contributed by atoms with Crippen LogP contribution in [-0.2, 0) is 30.4 Å². The van der Waals surface area contributed by atoms with Crippen LogP contribution in [-0.4, -0.2) is 38.9 Å². The number of rotatable bonds is 5. The topological polar surface area (TPSA) is 214 Å². The van der Waals surface area contributed by atoms with Crippen molar-refractivity contribution < 1.29 is 38.9 Å². The van der Waals surface area contributed by atoms with Gasteiger partial charge in [-0.1, -0.05) is 6.07 Å². The lowest BCUT2D eigenvalue weighted by Crippen LogP contribution is -2.05. The fourth-order valence-corrected chi connectivity index (χ4v) is 5.02. The highest BCUT2D eigenvalue weighted by atomic mass is 32.2. The van der Waals surface area contributed by atoms with Gasteiger partial charge in [0, 0.05) is 16.5 Å². The van der Waals surface area contributed by atoms with Crippen LogP contribution in [0.5, 0.6) is 0 Å². The Morgan fingerprint density at radius 2 is 1.30 bits per heavy atom. The molecule has 5 N–H and O–H groups in total. The zero-order valence-corrected chi connectivity index (χ0v) is 19.4. The van der Waals surface area contributed by atoms with Gasteiger partial charge in [0.05, 0.1) is 10.6 Å². The van der Waals surface area contributed by atoms with Crippen molar-refractivity contribution in [2.45, 2.75) is 28.5 Å². The van der Waals surface area contributed by atoms with E-state index in [0.717, 1.165) is 18.2 Å². The van der Waals surface area contributed by atoms with E-state index in [2.05, 4.69) is 10.2 Å². The van der Waals surface area contributed by atoms with Gasteiger partial charge in [0.25, 0.3) is 30.4 Å². The molecule has 3 rings (SSSR count). The predicted molar refractivity (Wildman–Crippen MR) is 118 cm³/mol. The fourth-order valence-electron chi connectivity index (χ4n) is 3.05. The van der Waals surface area contributed by atoms with Crippen molar-refractivity contribution in [2.75, 3.05) is 5.73 Å². The first-order valence-electron chi connectivity index (χ1n) is 8.82. The smallest absolute Gasteiger partial charge is 0.296 e. The molecule has 0 aliphatic rings. The van der Waals surface area contributed by atoms with Crippen molar-refractivity contribution in [1.29, 1.82) is 0 Å².